The van der Waals surface area contributed by atoms with Crippen molar-refractivity contribution in [2.24, 2.45) is 0 Å². The normalized spacial score (nSPS) is 16.4. The lowest BCUT2D eigenvalue weighted by Crippen LogP contribution is -2.57. The van der Waals surface area contributed by atoms with Gasteiger partial charge in [-0.05, 0) is 43.9 Å². The van der Waals surface area contributed by atoms with E-state index >= 15 is 0 Å². The van der Waals surface area contributed by atoms with Gasteiger partial charge in [0.2, 0.25) is 5.91 Å². The summed E-state index contributed by atoms with van der Waals surface area (Å²) in [7, 11) is 0. The SMILES string of the molecule is CCCNC(=O)C1(NCc2cc(=O)oc3c(C)c(O)ccc23)CCCCC1. The van der Waals surface area contributed by atoms with Crippen LogP contribution in [0, 0.1) is 6.92 Å². The van der Waals surface area contributed by atoms with Gasteiger partial charge < -0.3 is 14.8 Å². The third-order valence-corrected chi connectivity index (χ3v) is 5.51. The standard InChI is InChI=1S/C21H28N2O4/c1-3-11-22-20(26)21(9-5-4-6-10-21)23-13-15-12-18(25)27-19-14(2)17(24)8-7-16(15)19/h7-8,12,23-24H,3-6,9-11,13H2,1-2H3,(H,22,26). The molecule has 3 N–H and O–H groups in total. The Kier molecular flexibility index (Phi) is 5.85. The largest absolute Gasteiger partial charge is 0.508 e. The van der Waals surface area contributed by atoms with Crippen molar-refractivity contribution in [3.63, 3.8) is 0 Å². The number of fused-ring (bicyclic) bond motifs is 1. The molecule has 6 heteroatoms. The van der Waals surface area contributed by atoms with Crippen LogP contribution in [0.2, 0.25) is 0 Å². The first kappa shape index (κ1) is 19.4. The third kappa shape index (κ3) is 4.00. The van der Waals surface area contributed by atoms with E-state index in [2.05, 4.69) is 10.6 Å². The summed E-state index contributed by atoms with van der Waals surface area (Å²) in [5.41, 5.74) is 0.660. The zero-order chi connectivity index (χ0) is 19.4. The molecule has 27 heavy (non-hydrogen) atoms. The molecule has 1 saturated carbocycles. The lowest BCUT2D eigenvalue weighted by molar-refractivity contribution is -0.129. The number of hydrogen-bond donors (Lipinski definition) is 3. The Balaban J connectivity index is 1.90. The maximum Gasteiger partial charge on any atom is 0.336 e. The molecule has 6 nitrogen and oxygen atoms in total. The van der Waals surface area contributed by atoms with Crippen LogP contribution >= 0.6 is 0 Å². The van der Waals surface area contributed by atoms with Gasteiger partial charge in [0.1, 0.15) is 11.3 Å². The number of benzene rings is 1. The lowest BCUT2D eigenvalue weighted by atomic mass is 9.80. The average molecular weight is 372 g/mol. The number of phenols is 1. The number of carbonyl (C=O) groups is 1. The average Bonchev–Trinajstić information content (AvgIpc) is 2.68. The van der Waals surface area contributed by atoms with Crippen LogP contribution in [0.4, 0.5) is 0 Å². The van der Waals surface area contributed by atoms with E-state index in [-0.39, 0.29) is 11.7 Å². The molecule has 0 spiro atoms. The molecule has 0 bridgehead atoms. The highest BCUT2D eigenvalue weighted by atomic mass is 16.4. The monoisotopic (exact) mass is 372 g/mol. The Morgan fingerprint density at radius 3 is 2.70 bits per heavy atom. The van der Waals surface area contributed by atoms with E-state index in [4.69, 9.17) is 4.42 Å². The van der Waals surface area contributed by atoms with Crippen LogP contribution in [-0.2, 0) is 11.3 Å². The summed E-state index contributed by atoms with van der Waals surface area (Å²) in [5.74, 6) is 0.142. The Bertz CT molecular complexity index is 882. The van der Waals surface area contributed by atoms with E-state index in [1.54, 1.807) is 19.1 Å². The van der Waals surface area contributed by atoms with Gasteiger partial charge >= 0.3 is 5.63 Å². The van der Waals surface area contributed by atoms with Gasteiger partial charge in [-0.1, -0.05) is 26.2 Å². The molecule has 1 aromatic carbocycles. The maximum absolute atomic E-state index is 12.8. The van der Waals surface area contributed by atoms with Crippen LogP contribution in [0.3, 0.4) is 0 Å². The van der Waals surface area contributed by atoms with Crippen molar-refractivity contribution in [3.05, 3.63) is 39.7 Å². The van der Waals surface area contributed by atoms with Crippen LogP contribution in [0.1, 0.15) is 56.6 Å². The lowest BCUT2D eigenvalue weighted by Gasteiger charge is -2.37. The van der Waals surface area contributed by atoms with Crippen molar-refractivity contribution < 1.29 is 14.3 Å². The highest BCUT2D eigenvalue weighted by Gasteiger charge is 2.38. The van der Waals surface area contributed by atoms with E-state index in [1.807, 2.05) is 6.92 Å². The van der Waals surface area contributed by atoms with Gasteiger partial charge in [0.25, 0.3) is 0 Å². The molecule has 1 amide bonds. The maximum atomic E-state index is 12.8. The second-order valence-corrected chi connectivity index (χ2v) is 7.43. The fourth-order valence-corrected chi connectivity index (χ4v) is 3.87. The van der Waals surface area contributed by atoms with Crippen LogP contribution in [-0.4, -0.2) is 23.1 Å². The Labute approximate surface area is 159 Å². The molecule has 1 aliphatic carbocycles. The first-order valence-corrected chi connectivity index (χ1v) is 9.75. The number of amides is 1. The van der Waals surface area contributed by atoms with Gasteiger partial charge in [-0.3, -0.25) is 10.1 Å². The van der Waals surface area contributed by atoms with Gasteiger partial charge in [-0.2, -0.15) is 0 Å². The predicted octanol–water partition coefficient (Wildman–Crippen LogP) is 3.13. The van der Waals surface area contributed by atoms with Gasteiger partial charge in [0.05, 0.1) is 5.54 Å². The molecule has 0 saturated heterocycles. The van der Waals surface area contributed by atoms with Crippen molar-refractivity contribution in [1.29, 1.82) is 0 Å². The van der Waals surface area contributed by atoms with E-state index in [1.165, 1.54) is 6.07 Å². The van der Waals surface area contributed by atoms with Crippen molar-refractivity contribution in [1.82, 2.24) is 10.6 Å². The van der Waals surface area contributed by atoms with E-state index in [0.29, 0.717) is 24.2 Å². The second-order valence-electron chi connectivity index (χ2n) is 7.43. The van der Waals surface area contributed by atoms with Crippen molar-refractivity contribution in [3.8, 4) is 5.75 Å². The number of nitrogens with one attached hydrogen (secondary N) is 2. The first-order chi connectivity index (χ1) is 13.0. The predicted molar refractivity (Wildman–Crippen MR) is 105 cm³/mol. The Hall–Kier alpha value is -2.34. The highest BCUT2D eigenvalue weighted by Crippen LogP contribution is 2.31. The fourth-order valence-electron chi connectivity index (χ4n) is 3.87. The van der Waals surface area contributed by atoms with Gasteiger partial charge in [-0.15, -0.1) is 0 Å². The number of hydrogen-bond acceptors (Lipinski definition) is 5. The molecule has 0 radical (unpaired) electrons. The molecule has 2 aromatic rings. The molecular weight excluding hydrogens is 344 g/mol. The number of rotatable bonds is 6. The van der Waals surface area contributed by atoms with Gasteiger partial charge in [0, 0.05) is 30.1 Å². The molecule has 1 aromatic heterocycles. The zero-order valence-corrected chi connectivity index (χ0v) is 16.1. The van der Waals surface area contributed by atoms with Gasteiger partial charge in [0.15, 0.2) is 0 Å². The molecule has 0 unspecified atom stereocenters. The van der Waals surface area contributed by atoms with E-state index < -0.39 is 11.2 Å². The summed E-state index contributed by atoms with van der Waals surface area (Å²) in [6, 6.07) is 4.82. The first-order valence-electron chi connectivity index (χ1n) is 9.75. The molecule has 1 aliphatic rings. The highest BCUT2D eigenvalue weighted by molar-refractivity contribution is 5.87. The number of carbonyl (C=O) groups excluding carboxylic acids is 1. The minimum atomic E-state index is -0.595. The summed E-state index contributed by atoms with van der Waals surface area (Å²) >= 11 is 0. The Morgan fingerprint density at radius 1 is 1.26 bits per heavy atom. The molecule has 0 atom stereocenters. The number of phenolic OH excluding ortho intramolecular Hbond substituents is 1. The molecule has 1 fully saturated rings. The number of aromatic hydroxyl groups is 1. The van der Waals surface area contributed by atoms with Crippen LogP contribution in [0.25, 0.3) is 11.0 Å². The quantitative estimate of drug-likeness (QED) is 0.678. The summed E-state index contributed by atoms with van der Waals surface area (Å²) in [6.45, 7) is 4.82. The van der Waals surface area contributed by atoms with Crippen LogP contribution in [0.5, 0.6) is 5.75 Å². The van der Waals surface area contributed by atoms with Crippen molar-refractivity contribution in [2.75, 3.05) is 6.54 Å². The molecule has 1 heterocycles. The summed E-state index contributed by atoms with van der Waals surface area (Å²) < 4.78 is 5.31. The Morgan fingerprint density at radius 2 is 2.00 bits per heavy atom. The number of aryl methyl sites for hydroxylation is 1. The van der Waals surface area contributed by atoms with Crippen molar-refractivity contribution in [2.45, 2.75) is 64.5 Å². The molecule has 0 aliphatic heterocycles. The zero-order valence-electron chi connectivity index (χ0n) is 16.1. The van der Waals surface area contributed by atoms with Crippen molar-refractivity contribution >= 4 is 16.9 Å². The minimum Gasteiger partial charge on any atom is -0.508 e. The fraction of sp³-hybridized carbons (Fsp3) is 0.524. The third-order valence-electron chi connectivity index (χ3n) is 5.51. The van der Waals surface area contributed by atoms with Crippen LogP contribution < -0.4 is 16.3 Å². The summed E-state index contributed by atoms with van der Waals surface area (Å²) in [4.78, 5) is 24.9. The summed E-state index contributed by atoms with van der Waals surface area (Å²) in [6.07, 6.45) is 5.65. The van der Waals surface area contributed by atoms with Crippen LogP contribution in [0.15, 0.2) is 27.4 Å². The molecule has 146 valence electrons. The van der Waals surface area contributed by atoms with E-state index in [0.717, 1.165) is 49.5 Å². The molecule has 3 rings (SSSR count). The second kappa shape index (κ2) is 8.13. The molecular formula is C21H28N2O4. The van der Waals surface area contributed by atoms with Gasteiger partial charge in [-0.25, -0.2) is 4.79 Å². The topological polar surface area (TPSA) is 91.6 Å². The summed E-state index contributed by atoms with van der Waals surface area (Å²) in [5, 5.41) is 17.2. The minimum absolute atomic E-state index is 0.0464. The smallest absolute Gasteiger partial charge is 0.336 e. The van der Waals surface area contributed by atoms with E-state index in [9.17, 15) is 14.7 Å².